The van der Waals surface area contributed by atoms with Crippen molar-refractivity contribution < 1.29 is 14.7 Å². The van der Waals surface area contributed by atoms with Gasteiger partial charge in [0, 0.05) is 12.5 Å². The molecule has 0 aromatic heterocycles. The second kappa shape index (κ2) is 8.64. The van der Waals surface area contributed by atoms with Crippen molar-refractivity contribution in [2.45, 2.75) is 38.3 Å². The second-order valence-electron chi connectivity index (χ2n) is 4.84. The van der Waals surface area contributed by atoms with Crippen molar-refractivity contribution in [2.24, 2.45) is 0 Å². The third kappa shape index (κ3) is 6.48. The number of terminal acetylenes is 1. The number of carboxylic acid groups (broad SMARTS) is 1. The van der Waals surface area contributed by atoms with E-state index in [1.54, 1.807) is 0 Å². The van der Waals surface area contributed by atoms with Crippen LogP contribution in [-0.2, 0) is 11.2 Å². The van der Waals surface area contributed by atoms with Crippen molar-refractivity contribution in [3.05, 3.63) is 35.9 Å². The molecule has 1 rings (SSSR count). The monoisotopic (exact) mass is 288 g/mol. The maximum Gasteiger partial charge on any atom is 0.327 e. The summed E-state index contributed by atoms with van der Waals surface area (Å²) in [6, 6.07) is 8.31. The highest BCUT2D eigenvalue weighted by molar-refractivity contribution is 5.82. The quantitative estimate of drug-likeness (QED) is 0.669. The number of nitrogens with one attached hydrogen (secondary N) is 2. The Morgan fingerprint density at radius 1 is 1.29 bits per heavy atom. The Labute approximate surface area is 124 Å². The summed E-state index contributed by atoms with van der Waals surface area (Å²) in [5, 5.41) is 14.0. The molecule has 1 aromatic rings. The van der Waals surface area contributed by atoms with Gasteiger partial charge in [0.05, 0.1) is 0 Å². The fraction of sp³-hybridized carbons (Fsp3) is 0.375. The van der Waals surface area contributed by atoms with E-state index in [4.69, 9.17) is 11.5 Å². The Kier molecular flexibility index (Phi) is 6.82. The highest BCUT2D eigenvalue weighted by Gasteiger charge is 2.19. The van der Waals surface area contributed by atoms with E-state index in [1.807, 2.05) is 37.3 Å². The van der Waals surface area contributed by atoms with Gasteiger partial charge in [-0.15, -0.1) is 12.3 Å². The first-order chi connectivity index (χ1) is 10.0. The number of rotatable bonds is 7. The van der Waals surface area contributed by atoms with E-state index in [1.165, 1.54) is 5.56 Å². The Hall–Kier alpha value is -2.48. The number of hydrogen-bond acceptors (Lipinski definition) is 2. The molecule has 3 N–H and O–H groups in total. The molecule has 0 saturated carbocycles. The number of carbonyl (C=O) groups is 2. The van der Waals surface area contributed by atoms with E-state index in [-0.39, 0.29) is 12.5 Å². The smallest absolute Gasteiger partial charge is 0.327 e. The SMILES string of the molecule is C#CCC(NC(=O)NC(C)CCc1ccccc1)C(=O)O. The minimum Gasteiger partial charge on any atom is -0.480 e. The average molecular weight is 288 g/mol. The first kappa shape index (κ1) is 16.6. The standard InChI is InChI=1S/C16H20N2O3/c1-3-7-14(15(19)20)18-16(21)17-12(2)10-11-13-8-5-4-6-9-13/h1,4-6,8-9,12,14H,7,10-11H2,2H3,(H,19,20)(H2,17,18,21). The van der Waals surface area contributed by atoms with Gasteiger partial charge < -0.3 is 15.7 Å². The van der Waals surface area contributed by atoms with Crippen molar-refractivity contribution in [3.63, 3.8) is 0 Å². The van der Waals surface area contributed by atoms with Gasteiger partial charge in [-0.2, -0.15) is 0 Å². The summed E-state index contributed by atoms with van der Waals surface area (Å²) in [6.07, 6.45) is 6.64. The molecule has 0 fully saturated rings. The van der Waals surface area contributed by atoms with Gasteiger partial charge in [0.1, 0.15) is 6.04 Å². The number of aliphatic carboxylic acids is 1. The molecule has 0 radical (unpaired) electrons. The molecule has 0 spiro atoms. The lowest BCUT2D eigenvalue weighted by molar-refractivity contribution is -0.139. The molecule has 0 aliphatic rings. The maximum atomic E-state index is 11.7. The normalized spacial score (nSPS) is 12.8. The average Bonchev–Trinajstić information content (AvgIpc) is 2.45. The van der Waals surface area contributed by atoms with E-state index >= 15 is 0 Å². The van der Waals surface area contributed by atoms with Crippen LogP contribution in [0.4, 0.5) is 4.79 Å². The first-order valence-electron chi connectivity index (χ1n) is 6.80. The van der Waals surface area contributed by atoms with Crippen molar-refractivity contribution in [3.8, 4) is 12.3 Å². The van der Waals surface area contributed by atoms with Crippen LogP contribution in [0.15, 0.2) is 30.3 Å². The third-order valence-electron chi connectivity index (χ3n) is 3.01. The predicted octanol–water partition coefficient (Wildman–Crippen LogP) is 1.78. The largest absolute Gasteiger partial charge is 0.480 e. The van der Waals surface area contributed by atoms with Gasteiger partial charge in [0.15, 0.2) is 0 Å². The number of carboxylic acids is 1. The fourth-order valence-corrected chi connectivity index (χ4v) is 1.84. The molecule has 5 nitrogen and oxygen atoms in total. The Morgan fingerprint density at radius 2 is 1.95 bits per heavy atom. The minimum atomic E-state index is -1.14. The summed E-state index contributed by atoms with van der Waals surface area (Å²) >= 11 is 0. The van der Waals surface area contributed by atoms with E-state index in [9.17, 15) is 9.59 Å². The summed E-state index contributed by atoms with van der Waals surface area (Å²) < 4.78 is 0. The number of benzene rings is 1. The molecule has 0 bridgehead atoms. The summed E-state index contributed by atoms with van der Waals surface area (Å²) in [7, 11) is 0. The Morgan fingerprint density at radius 3 is 2.52 bits per heavy atom. The molecule has 0 saturated heterocycles. The summed E-state index contributed by atoms with van der Waals surface area (Å²) in [4.78, 5) is 22.6. The molecule has 1 aromatic carbocycles. The van der Waals surface area contributed by atoms with Crippen LogP contribution in [0.3, 0.4) is 0 Å². The van der Waals surface area contributed by atoms with Crippen LogP contribution in [0.25, 0.3) is 0 Å². The zero-order valence-electron chi connectivity index (χ0n) is 12.0. The third-order valence-corrected chi connectivity index (χ3v) is 3.01. The fourth-order valence-electron chi connectivity index (χ4n) is 1.84. The number of hydrogen-bond donors (Lipinski definition) is 3. The van der Waals surface area contributed by atoms with Crippen molar-refractivity contribution in [1.82, 2.24) is 10.6 Å². The number of carbonyl (C=O) groups excluding carboxylic acids is 1. The minimum absolute atomic E-state index is 0.0405. The summed E-state index contributed by atoms with van der Waals surface area (Å²) in [6.45, 7) is 1.87. The van der Waals surface area contributed by atoms with Crippen LogP contribution < -0.4 is 10.6 Å². The van der Waals surface area contributed by atoms with E-state index in [0.29, 0.717) is 0 Å². The van der Waals surface area contributed by atoms with Crippen molar-refractivity contribution in [1.29, 1.82) is 0 Å². The molecule has 0 heterocycles. The van der Waals surface area contributed by atoms with Gasteiger partial charge in [-0.05, 0) is 25.3 Å². The van der Waals surface area contributed by atoms with Crippen LogP contribution in [-0.4, -0.2) is 29.2 Å². The maximum absolute atomic E-state index is 11.7. The molecule has 2 atom stereocenters. The topological polar surface area (TPSA) is 78.4 Å². The van der Waals surface area contributed by atoms with Gasteiger partial charge in [-0.25, -0.2) is 9.59 Å². The Bertz CT molecular complexity index is 508. The lowest BCUT2D eigenvalue weighted by atomic mass is 10.1. The first-order valence-corrected chi connectivity index (χ1v) is 6.80. The van der Waals surface area contributed by atoms with Crippen LogP contribution >= 0.6 is 0 Å². The van der Waals surface area contributed by atoms with Gasteiger partial charge in [0.25, 0.3) is 0 Å². The van der Waals surface area contributed by atoms with Gasteiger partial charge in [0.2, 0.25) is 0 Å². The van der Waals surface area contributed by atoms with Gasteiger partial charge in [-0.1, -0.05) is 30.3 Å². The van der Waals surface area contributed by atoms with Gasteiger partial charge in [-0.3, -0.25) is 0 Å². The van der Waals surface area contributed by atoms with Crippen molar-refractivity contribution in [2.75, 3.05) is 0 Å². The number of urea groups is 1. The predicted molar refractivity (Wildman–Crippen MR) is 80.8 cm³/mol. The van der Waals surface area contributed by atoms with Crippen LogP contribution in [0.2, 0.25) is 0 Å². The summed E-state index contributed by atoms with van der Waals surface area (Å²) in [5.41, 5.74) is 1.20. The van der Waals surface area contributed by atoms with Crippen LogP contribution in [0.5, 0.6) is 0 Å². The molecule has 0 aliphatic heterocycles. The molecular formula is C16H20N2O3. The number of aryl methyl sites for hydroxylation is 1. The highest BCUT2D eigenvalue weighted by atomic mass is 16.4. The van der Waals surface area contributed by atoms with Crippen LogP contribution in [0.1, 0.15) is 25.3 Å². The second-order valence-corrected chi connectivity index (χ2v) is 4.84. The molecule has 112 valence electrons. The molecule has 2 amide bonds. The van der Waals surface area contributed by atoms with E-state index in [0.717, 1.165) is 12.8 Å². The Balaban J connectivity index is 2.36. The summed E-state index contributed by atoms with van der Waals surface area (Å²) in [5.74, 6) is 1.09. The van der Waals surface area contributed by atoms with E-state index in [2.05, 4.69) is 16.6 Å². The molecule has 21 heavy (non-hydrogen) atoms. The number of amides is 2. The zero-order valence-corrected chi connectivity index (χ0v) is 12.0. The molecule has 5 heteroatoms. The molecule has 2 unspecified atom stereocenters. The molecule has 0 aliphatic carbocycles. The van der Waals surface area contributed by atoms with Crippen LogP contribution in [0, 0.1) is 12.3 Å². The highest BCUT2D eigenvalue weighted by Crippen LogP contribution is 2.04. The molecular weight excluding hydrogens is 268 g/mol. The van der Waals surface area contributed by atoms with Crippen molar-refractivity contribution >= 4 is 12.0 Å². The zero-order chi connectivity index (χ0) is 15.7. The van der Waals surface area contributed by atoms with Gasteiger partial charge >= 0.3 is 12.0 Å². The van der Waals surface area contributed by atoms with E-state index < -0.39 is 18.0 Å². The lowest BCUT2D eigenvalue weighted by Gasteiger charge is -2.17. The lowest BCUT2D eigenvalue weighted by Crippen LogP contribution is -2.48.